The Labute approximate surface area is 80.1 Å². The van der Waals surface area contributed by atoms with Crippen molar-refractivity contribution in [3.63, 3.8) is 0 Å². The molecule has 2 rings (SSSR count). The van der Waals surface area contributed by atoms with E-state index in [4.69, 9.17) is 0 Å². The first kappa shape index (κ1) is 8.62. The molecule has 0 saturated carbocycles. The van der Waals surface area contributed by atoms with Crippen molar-refractivity contribution in [1.82, 2.24) is 10.5 Å². The largest absolute Gasteiger partial charge is 0.364 e. The summed E-state index contributed by atoms with van der Waals surface area (Å²) in [7, 11) is 0. The van der Waals surface area contributed by atoms with E-state index in [1.165, 1.54) is 6.26 Å². The Hall–Kier alpha value is -0.970. The third kappa shape index (κ3) is 2.03. The molecule has 1 atom stereocenters. The van der Waals surface area contributed by atoms with E-state index in [0.29, 0.717) is 11.7 Å². The quantitative estimate of drug-likeness (QED) is 0.767. The third-order valence-corrected chi connectivity index (χ3v) is 3.10. The summed E-state index contributed by atoms with van der Waals surface area (Å²) in [6.07, 6.45) is 2.45. The number of nitrogens with one attached hydrogen (secondary N) is 1. The van der Waals surface area contributed by atoms with Crippen molar-refractivity contribution in [1.29, 1.82) is 0 Å². The first-order chi connectivity index (χ1) is 6.36. The molecule has 5 heteroatoms. The summed E-state index contributed by atoms with van der Waals surface area (Å²) in [6, 6.07) is 1.87. The van der Waals surface area contributed by atoms with Gasteiger partial charge in [0.05, 0.1) is 0 Å². The highest BCUT2D eigenvalue weighted by molar-refractivity contribution is 7.99. The summed E-state index contributed by atoms with van der Waals surface area (Å²) in [4.78, 5) is 11.4. The predicted octanol–water partition coefficient (Wildman–Crippen LogP) is 0.910. The molecule has 1 amide bonds. The molecule has 13 heavy (non-hydrogen) atoms. The van der Waals surface area contributed by atoms with Crippen molar-refractivity contribution in [2.24, 2.45) is 0 Å². The molecule has 1 aliphatic heterocycles. The van der Waals surface area contributed by atoms with Gasteiger partial charge in [-0.05, 0) is 12.2 Å². The molecule has 70 valence electrons. The molecule has 0 radical (unpaired) electrons. The highest BCUT2D eigenvalue weighted by Crippen LogP contribution is 2.17. The first-order valence-electron chi connectivity index (χ1n) is 4.15. The maximum atomic E-state index is 11.4. The van der Waals surface area contributed by atoms with Crippen LogP contribution in [-0.4, -0.2) is 28.6 Å². The van der Waals surface area contributed by atoms with Gasteiger partial charge in [0.15, 0.2) is 5.69 Å². The number of nitrogens with zero attached hydrogens (tertiary/aromatic N) is 1. The zero-order valence-electron chi connectivity index (χ0n) is 7.03. The smallest absolute Gasteiger partial charge is 0.273 e. The average molecular weight is 198 g/mol. The normalized spacial score (nSPS) is 21.7. The van der Waals surface area contributed by atoms with Crippen LogP contribution in [0.3, 0.4) is 0 Å². The van der Waals surface area contributed by atoms with E-state index in [9.17, 15) is 4.79 Å². The van der Waals surface area contributed by atoms with E-state index < -0.39 is 0 Å². The molecular weight excluding hydrogens is 188 g/mol. The Balaban J connectivity index is 1.91. The van der Waals surface area contributed by atoms with Gasteiger partial charge in [0.2, 0.25) is 0 Å². The topological polar surface area (TPSA) is 55.1 Å². The number of hydrogen-bond donors (Lipinski definition) is 1. The minimum atomic E-state index is -0.138. The van der Waals surface area contributed by atoms with E-state index in [0.717, 1.165) is 17.9 Å². The van der Waals surface area contributed by atoms with Crippen molar-refractivity contribution in [2.45, 2.75) is 12.5 Å². The standard InChI is InChI=1S/C8H10N2O2S/c11-8(7-1-3-12-10-7)9-6-2-4-13-5-6/h1,3,6H,2,4-5H2,(H,9,11). The zero-order valence-corrected chi connectivity index (χ0v) is 7.84. The Morgan fingerprint density at radius 1 is 1.77 bits per heavy atom. The number of hydrogen-bond acceptors (Lipinski definition) is 4. The van der Waals surface area contributed by atoms with Gasteiger partial charge in [0, 0.05) is 17.9 Å². The van der Waals surface area contributed by atoms with Gasteiger partial charge in [-0.1, -0.05) is 5.16 Å². The number of aromatic nitrogens is 1. The number of thioether (sulfide) groups is 1. The monoisotopic (exact) mass is 198 g/mol. The van der Waals surface area contributed by atoms with Crippen LogP contribution in [0.15, 0.2) is 16.9 Å². The molecule has 0 bridgehead atoms. The van der Waals surface area contributed by atoms with Gasteiger partial charge in [0.1, 0.15) is 6.26 Å². The fourth-order valence-corrected chi connectivity index (χ4v) is 2.39. The maximum Gasteiger partial charge on any atom is 0.273 e. The molecule has 1 N–H and O–H groups in total. The van der Waals surface area contributed by atoms with Gasteiger partial charge in [-0.2, -0.15) is 11.8 Å². The second-order valence-corrected chi connectivity index (χ2v) is 4.07. The molecule has 1 saturated heterocycles. The Bertz CT molecular complexity index is 280. The van der Waals surface area contributed by atoms with Crippen LogP contribution in [0.4, 0.5) is 0 Å². The van der Waals surface area contributed by atoms with Gasteiger partial charge in [-0.3, -0.25) is 4.79 Å². The predicted molar refractivity (Wildman–Crippen MR) is 49.7 cm³/mol. The Morgan fingerprint density at radius 3 is 3.31 bits per heavy atom. The molecule has 1 aromatic rings. The lowest BCUT2D eigenvalue weighted by Crippen LogP contribution is -2.34. The summed E-state index contributed by atoms with van der Waals surface area (Å²) in [6.45, 7) is 0. The maximum absolute atomic E-state index is 11.4. The van der Waals surface area contributed by atoms with Gasteiger partial charge in [-0.15, -0.1) is 0 Å². The van der Waals surface area contributed by atoms with E-state index in [1.54, 1.807) is 6.07 Å². The van der Waals surface area contributed by atoms with Crippen LogP contribution in [-0.2, 0) is 0 Å². The minimum Gasteiger partial charge on any atom is -0.364 e. The molecule has 2 heterocycles. The Kier molecular flexibility index (Phi) is 2.54. The van der Waals surface area contributed by atoms with Gasteiger partial charge < -0.3 is 9.84 Å². The lowest BCUT2D eigenvalue weighted by atomic mass is 10.2. The van der Waals surface area contributed by atoms with Crippen LogP contribution in [0.2, 0.25) is 0 Å². The van der Waals surface area contributed by atoms with Crippen molar-refractivity contribution < 1.29 is 9.32 Å². The number of rotatable bonds is 2. The highest BCUT2D eigenvalue weighted by atomic mass is 32.2. The fourth-order valence-electron chi connectivity index (χ4n) is 1.24. The van der Waals surface area contributed by atoms with Crippen LogP contribution in [0, 0.1) is 0 Å². The molecule has 1 aromatic heterocycles. The van der Waals surface area contributed by atoms with Gasteiger partial charge in [0.25, 0.3) is 5.91 Å². The second-order valence-electron chi connectivity index (χ2n) is 2.92. The molecular formula is C8H10N2O2S. The molecule has 1 fully saturated rings. The molecule has 0 spiro atoms. The zero-order chi connectivity index (χ0) is 9.10. The second kappa shape index (κ2) is 3.83. The van der Waals surface area contributed by atoms with Crippen molar-refractivity contribution in [3.05, 3.63) is 18.0 Å². The van der Waals surface area contributed by atoms with Crippen LogP contribution < -0.4 is 5.32 Å². The van der Waals surface area contributed by atoms with Crippen molar-refractivity contribution >= 4 is 17.7 Å². The minimum absolute atomic E-state index is 0.138. The summed E-state index contributed by atoms with van der Waals surface area (Å²) >= 11 is 1.86. The number of carbonyl (C=O) groups is 1. The molecule has 0 aliphatic carbocycles. The first-order valence-corrected chi connectivity index (χ1v) is 5.31. The third-order valence-electron chi connectivity index (χ3n) is 1.94. The van der Waals surface area contributed by atoms with Crippen LogP contribution in [0.5, 0.6) is 0 Å². The fraction of sp³-hybridized carbons (Fsp3) is 0.500. The van der Waals surface area contributed by atoms with Crippen molar-refractivity contribution in [2.75, 3.05) is 11.5 Å². The average Bonchev–Trinajstić information content (AvgIpc) is 2.74. The van der Waals surface area contributed by atoms with E-state index in [2.05, 4.69) is 15.0 Å². The van der Waals surface area contributed by atoms with E-state index in [1.807, 2.05) is 11.8 Å². The number of carbonyl (C=O) groups excluding carboxylic acids is 1. The van der Waals surface area contributed by atoms with Crippen LogP contribution >= 0.6 is 11.8 Å². The lowest BCUT2D eigenvalue weighted by Gasteiger charge is -2.08. The van der Waals surface area contributed by atoms with Crippen LogP contribution in [0.25, 0.3) is 0 Å². The summed E-state index contributed by atoms with van der Waals surface area (Å²) in [5.74, 6) is 1.99. The van der Waals surface area contributed by atoms with Gasteiger partial charge in [-0.25, -0.2) is 0 Å². The highest BCUT2D eigenvalue weighted by Gasteiger charge is 2.19. The summed E-state index contributed by atoms with van der Waals surface area (Å²) in [5.41, 5.74) is 0.358. The summed E-state index contributed by atoms with van der Waals surface area (Å²) < 4.78 is 4.58. The van der Waals surface area contributed by atoms with Crippen LogP contribution in [0.1, 0.15) is 16.9 Å². The van der Waals surface area contributed by atoms with E-state index >= 15 is 0 Å². The van der Waals surface area contributed by atoms with Gasteiger partial charge >= 0.3 is 0 Å². The molecule has 1 unspecified atom stereocenters. The molecule has 4 nitrogen and oxygen atoms in total. The van der Waals surface area contributed by atoms with Crippen molar-refractivity contribution in [3.8, 4) is 0 Å². The summed E-state index contributed by atoms with van der Waals surface area (Å²) in [5, 5.41) is 6.46. The molecule has 0 aromatic carbocycles. The Morgan fingerprint density at radius 2 is 2.69 bits per heavy atom. The SMILES string of the molecule is O=C(NC1CCSC1)c1ccon1. The lowest BCUT2D eigenvalue weighted by molar-refractivity contribution is 0.0932. The molecule has 1 aliphatic rings. The van der Waals surface area contributed by atoms with E-state index in [-0.39, 0.29) is 5.91 Å². The number of amides is 1.